The van der Waals surface area contributed by atoms with E-state index in [1.807, 2.05) is 0 Å². The topological polar surface area (TPSA) is 197 Å². The van der Waals surface area contributed by atoms with Gasteiger partial charge in [0.05, 0.1) is 32.0 Å². The molecule has 52 heavy (non-hydrogen) atoms. The largest absolute Gasteiger partial charge is 0.394 e. The average Bonchev–Trinajstić information content (AvgIpc) is 3.58. The molecule has 0 bridgehead atoms. The third-order valence-electron chi connectivity index (χ3n) is 15.6. The molecule has 7 N–H and O–H groups in total. The number of ether oxygens (including phenoxy) is 6. The molecule has 0 amide bonds. The van der Waals surface area contributed by atoms with Crippen molar-refractivity contribution in [1.82, 2.24) is 0 Å². The summed E-state index contributed by atoms with van der Waals surface area (Å²) in [4.78, 5) is 0. The van der Waals surface area contributed by atoms with Crippen molar-refractivity contribution in [3.05, 3.63) is 11.6 Å². The summed E-state index contributed by atoms with van der Waals surface area (Å²) >= 11 is 0. The Balaban J connectivity index is 0.913. The normalized spacial score (nSPS) is 57.5. The van der Waals surface area contributed by atoms with E-state index in [4.69, 9.17) is 28.4 Å². The Morgan fingerprint density at radius 3 is 2.21 bits per heavy atom. The molecule has 7 fully saturated rings. The van der Waals surface area contributed by atoms with Crippen LogP contribution < -0.4 is 0 Å². The van der Waals surface area contributed by atoms with Crippen LogP contribution in [0.2, 0.25) is 0 Å². The number of hydrogen-bond donors (Lipinski definition) is 7. The summed E-state index contributed by atoms with van der Waals surface area (Å²) in [5.41, 5.74) is 1.70. The van der Waals surface area contributed by atoms with Crippen LogP contribution in [0.3, 0.4) is 0 Å². The van der Waals surface area contributed by atoms with Gasteiger partial charge in [-0.2, -0.15) is 0 Å². The zero-order valence-electron chi connectivity index (χ0n) is 31.0. The van der Waals surface area contributed by atoms with E-state index >= 15 is 0 Å². The van der Waals surface area contributed by atoms with Gasteiger partial charge in [0.2, 0.25) is 0 Å². The number of aliphatic hydroxyl groups excluding tert-OH is 7. The lowest BCUT2D eigenvalue weighted by Gasteiger charge is -2.58. The van der Waals surface area contributed by atoms with Gasteiger partial charge in [-0.1, -0.05) is 39.3 Å². The predicted molar refractivity (Wildman–Crippen MR) is 183 cm³/mol. The third-order valence-corrected chi connectivity index (χ3v) is 15.6. The van der Waals surface area contributed by atoms with Crippen LogP contribution >= 0.6 is 0 Å². The standard InChI is InChI=1S/C39H62O13/c1-18-7-12-39(47-17-18)19(2)28-25(52-39)14-24-22-6-5-20-13-21(8-10-37(20,3)23(22)9-11-38(24,28)4)48-35-33(46)31(44)34(27(16-41)50-35)51-36-32(45)30(43)29(42)26(15-40)49-36/h5,18-19,21-36,40-46H,6-17H2,1-4H3/t18-,19-,21+,22+,23-,24-,25-,26+,27+,28-,29+,30-,31+,32+,33+,34+,35+,36-,37+,38-,39+/m1/s1. The van der Waals surface area contributed by atoms with Crippen LogP contribution in [0, 0.1) is 46.3 Å². The highest BCUT2D eigenvalue weighted by atomic mass is 16.7. The van der Waals surface area contributed by atoms with E-state index in [1.165, 1.54) is 24.8 Å². The Labute approximate surface area is 306 Å². The number of fused-ring (bicyclic) bond motifs is 7. The molecular weight excluding hydrogens is 676 g/mol. The highest BCUT2D eigenvalue weighted by Gasteiger charge is 2.68. The molecule has 0 aromatic heterocycles. The van der Waals surface area contributed by atoms with Gasteiger partial charge in [0.1, 0.15) is 48.8 Å². The first-order valence-electron chi connectivity index (χ1n) is 20.0. The van der Waals surface area contributed by atoms with E-state index in [2.05, 4.69) is 33.8 Å². The highest BCUT2D eigenvalue weighted by Crippen LogP contribution is 2.70. The summed E-state index contributed by atoms with van der Waals surface area (Å²) in [6.45, 7) is 9.20. The van der Waals surface area contributed by atoms with Crippen molar-refractivity contribution >= 4 is 0 Å². The van der Waals surface area contributed by atoms with E-state index < -0.39 is 80.4 Å². The monoisotopic (exact) mass is 738 g/mol. The molecule has 296 valence electrons. The van der Waals surface area contributed by atoms with Gasteiger partial charge >= 0.3 is 0 Å². The fourth-order valence-corrected chi connectivity index (χ4v) is 12.6. The molecule has 8 rings (SSSR count). The van der Waals surface area contributed by atoms with Gasteiger partial charge in [0.25, 0.3) is 0 Å². The minimum atomic E-state index is -1.72. The fraction of sp³-hybridized carbons (Fsp3) is 0.949. The van der Waals surface area contributed by atoms with Crippen molar-refractivity contribution in [1.29, 1.82) is 0 Å². The van der Waals surface area contributed by atoms with Crippen LogP contribution in [-0.4, -0.2) is 135 Å². The zero-order chi connectivity index (χ0) is 36.9. The van der Waals surface area contributed by atoms with Crippen molar-refractivity contribution in [2.45, 2.75) is 165 Å². The Bertz CT molecular complexity index is 1320. The van der Waals surface area contributed by atoms with Gasteiger partial charge in [0, 0.05) is 12.3 Å². The smallest absolute Gasteiger partial charge is 0.187 e. The number of rotatable bonds is 6. The first-order chi connectivity index (χ1) is 24.7. The van der Waals surface area contributed by atoms with Gasteiger partial charge in [0.15, 0.2) is 18.4 Å². The summed E-state index contributed by atoms with van der Waals surface area (Å²) in [6, 6.07) is 0. The van der Waals surface area contributed by atoms with Gasteiger partial charge in [-0.3, -0.25) is 0 Å². The molecule has 3 saturated carbocycles. The Kier molecular flexibility index (Phi) is 10.3. The first-order valence-corrected chi connectivity index (χ1v) is 20.0. The second-order valence-electron chi connectivity index (χ2n) is 18.3. The van der Waals surface area contributed by atoms with E-state index in [1.54, 1.807) is 0 Å². The minimum absolute atomic E-state index is 0.0572. The van der Waals surface area contributed by atoms with Crippen molar-refractivity contribution in [2.75, 3.05) is 19.8 Å². The lowest BCUT2D eigenvalue weighted by Crippen LogP contribution is -2.65. The molecule has 0 aromatic rings. The predicted octanol–water partition coefficient (Wildman–Crippen LogP) is 1.36. The van der Waals surface area contributed by atoms with E-state index in [9.17, 15) is 35.7 Å². The molecule has 0 aromatic carbocycles. The second kappa shape index (κ2) is 14.0. The summed E-state index contributed by atoms with van der Waals surface area (Å²) in [5, 5.41) is 72.7. The van der Waals surface area contributed by atoms with Crippen molar-refractivity contribution < 1.29 is 64.2 Å². The van der Waals surface area contributed by atoms with Crippen molar-refractivity contribution in [3.63, 3.8) is 0 Å². The maximum atomic E-state index is 11.1. The fourth-order valence-electron chi connectivity index (χ4n) is 12.6. The molecule has 4 heterocycles. The maximum absolute atomic E-state index is 11.1. The summed E-state index contributed by atoms with van der Waals surface area (Å²) in [7, 11) is 0. The third kappa shape index (κ3) is 5.90. The lowest BCUT2D eigenvalue weighted by molar-refractivity contribution is -0.363. The summed E-state index contributed by atoms with van der Waals surface area (Å²) < 4.78 is 36.9. The Morgan fingerprint density at radius 2 is 1.50 bits per heavy atom. The van der Waals surface area contributed by atoms with Gasteiger partial charge in [-0.15, -0.1) is 0 Å². The van der Waals surface area contributed by atoms with Gasteiger partial charge in [-0.25, -0.2) is 0 Å². The molecule has 0 unspecified atom stereocenters. The molecule has 13 heteroatoms. The second-order valence-corrected chi connectivity index (χ2v) is 18.3. The Morgan fingerprint density at radius 1 is 0.788 bits per heavy atom. The van der Waals surface area contributed by atoms with Crippen LogP contribution in [0.5, 0.6) is 0 Å². The maximum Gasteiger partial charge on any atom is 0.187 e. The quantitative estimate of drug-likeness (QED) is 0.193. The van der Waals surface area contributed by atoms with Crippen LogP contribution in [-0.2, 0) is 28.4 Å². The van der Waals surface area contributed by atoms with Crippen LogP contribution in [0.25, 0.3) is 0 Å². The molecule has 1 spiro atoms. The molecule has 4 saturated heterocycles. The molecule has 4 aliphatic heterocycles. The van der Waals surface area contributed by atoms with Crippen molar-refractivity contribution in [3.8, 4) is 0 Å². The lowest BCUT2D eigenvalue weighted by atomic mass is 9.47. The molecular formula is C39H62O13. The van der Waals surface area contributed by atoms with E-state index in [0.29, 0.717) is 41.9 Å². The van der Waals surface area contributed by atoms with Gasteiger partial charge in [-0.05, 0) is 91.8 Å². The van der Waals surface area contributed by atoms with E-state index in [0.717, 1.165) is 38.7 Å². The number of hydrogen-bond acceptors (Lipinski definition) is 13. The van der Waals surface area contributed by atoms with Gasteiger partial charge < -0.3 is 64.2 Å². The molecule has 21 atom stereocenters. The zero-order valence-corrected chi connectivity index (χ0v) is 31.0. The number of allylic oxidation sites excluding steroid dienone is 1. The molecule has 13 nitrogen and oxygen atoms in total. The molecule has 0 radical (unpaired) electrons. The van der Waals surface area contributed by atoms with Crippen molar-refractivity contribution in [2.24, 2.45) is 46.3 Å². The Hall–Kier alpha value is -0.780. The van der Waals surface area contributed by atoms with E-state index in [-0.39, 0.29) is 23.0 Å². The summed E-state index contributed by atoms with van der Waals surface area (Å²) in [6.07, 6.45) is -3.06. The average molecular weight is 739 g/mol. The molecule has 4 aliphatic carbocycles. The van der Waals surface area contributed by atoms with Crippen LogP contribution in [0.15, 0.2) is 11.6 Å². The van der Waals surface area contributed by atoms with Crippen LogP contribution in [0.4, 0.5) is 0 Å². The minimum Gasteiger partial charge on any atom is -0.394 e. The highest BCUT2D eigenvalue weighted by molar-refractivity contribution is 5.26. The SMILES string of the molecule is C[C@@H]1CC[C@]2(OC1)O[C@@H]1C[C@@H]3[C@H]4CC=C5C[C@@H](O[C@H]6O[C@@H](CO)[C@H](O[C@H]7O[C@@H](CO)[C@H](O)[C@@H](O)[C@@H]7O)[C@@H](O)[C@@H]6O)CC[C@]5(C)[C@@H]4CC[C@@]3(C)[C@@H]1[C@H]2C. The molecule has 8 aliphatic rings. The van der Waals surface area contributed by atoms with Crippen LogP contribution in [0.1, 0.15) is 85.5 Å². The summed E-state index contributed by atoms with van der Waals surface area (Å²) in [5.74, 6) is 2.92. The first kappa shape index (κ1) is 38.1. The number of aliphatic hydroxyl groups is 7.